The third-order valence-electron chi connectivity index (χ3n) is 6.76. The third-order valence-corrected chi connectivity index (χ3v) is 6.76. The van der Waals surface area contributed by atoms with E-state index in [0.717, 1.165) is 45.6 Å². The molecule has 0 saturated carbocycles. The monoisotopic (exact) mass is 391 g/mol. The zero-order valence-electron chi connectivity index (χ0n) is 17.1. The van der Waals surface area contributed by atoms with Crippen LogP contribution in [0.15, 0.2) is 60.4 Å². The van der Waals surface area contributed by atoms with Crippen LogP contribution in [0.25, 0.3) is 0 Å². The average molecular weight is 392 g/mol. The van der Waals surface area contributed by atoms with Crippen molar-refractivity contribution in [3.8, 4) is 0 Å². The van der Waals surface area contributed by atoms with Gasteiger partial charge in [0.25, 0.3) is 0 Å². The molecule has 1 saturated heterocycles. The van der Waals surface area contributed by atoms with Gasteiger partial charge in [0, 0.05) is 50.3 Å². The quantitative estimate of drug-likeness (QED) is 0.747. The van der Waals surface area contributed by atoms with Gasteiger partial charge >= 0.3 is 5.97 Å². The van der Waals surface area contributed by atoms with Crippen LogP contribution in [0.5, 0.6) is 0 Å². The van der Waals surface area contributed by atoms with Crippen LogP contribution in [0.1, 0.15) is 37.1 Å². The molecule has 1 aromatic heterocycles. The fraction of sp³-hybridized carbons (Fsp3) is 0.458. The normalized spacial score (nSPS) is 26.2. The van der Waals surface area contributed by atoms with E-state index < -0.39 is 5.41 Å². The number of hydrogen-bond acceptors (Lipinski definition) is 4. The Kier molecular flexibility index (Phi) is 4.70. The molecule has 0 radical (unpaired) electrons. The Balaban J connectivity index is 1.48. The van der Waals surface area contributed by atoms with Crippen molar-refractivity contribution in [2.45, 2.75) is 38.9 Å². The van der Waals surface area contributed by atoms with Gasteiger partial charge in [-0.25, -0.2) is 0 Å². The summed E-state index contributed by atoms with van der Waals surface area (Å²) < 4.78 is 8.00. The van der Waals surface area contributed by atoms with Crippen LogP contribution < -0.4 is 0 Å². The molecule has 1 fully saturated rings. The fourth-order valence-electron chi connectivity index (χ4n) is 5.48. The lowest BCUT2D eigenvalue weighted by atomic mass is 9.71. The first-order valence-corrected chi connectivity index (χ1v) is 10.8. The van der Waals surface area contributed by atoms with Gasteiger partial charge in [-0.2, -0.15) is 0 Å². The van der Waals surface area contributed by atoms with E-state index in [1.165, 1.54) is 17.0 Å². The van der Waals surface area contributed by atoms with Crippen LogP contribution in [0.2, 0.25) is 0 Å². The minimum Gasteiger partial charge on any atom is -0.465 e. The minimum absolute atomic E-state index is 0.0524. The lowest BCUT2D eigenvalue weighted by molar-refractivity contribution is -0.159. The van der Waals surface area contributed by atoms with Gasteiger partial charge < -0.3 is 14.2 Å². The zero-order chi connectivity index (χ0) is 19.8. The standard InChI is InChI=1S/C24H29N3O2/c1-2-29-23(28)24-12-10-21-20-9-6-13-26(20)15-16-27(21)22(24)11-14-25(18-24)17-19-7-4-3-5-8-19/h3-9,11,13,21H,2,10,12,14-18H2,1H3/t21-,24+/m1/s1. The smallest absolute Gasteiger partial charge is 0.319 e. The predicted molar refractivity (Wildman–Crippen MR) is 112 cm³/mol. The molecule has 5 nitrogen and oxygen atoms in total. The molecule has 0 unspecified atom stereocenters. The SMILES string of the molecule is CCOC(=O)[C@]12CC[C@@H]3c4cccn4CCN3C1=CCN(Cc1ccccc1)C2. The zero-order valence-corrected chi connectivity index (χ0v) is 17.1. The summed E-state index contributed by atoms with van der Waals surface area (Å²) in [6.07, 6.45) is 6.31. The highest BCUT2D eigenvalue weighted by Gasteiger charge is 2.53. The van der Waals surface area contributed by atoms with Gasteiger partial charge in [0.2, 0.25) is 0 Å². The van der Waals surface area contributed by atoms with Crippen molar-refractivity contribution in [3.05, 3.63) is 71.7 Å². The Morgan fingerprint density at radius 2 is 2.03 bits per heavy atom. The number of ether oxygens (including phenoxy) is 1. The summed E-state index contributed by atoms with van der Waals surface area (Å²) >= 11 is 0. The van der Waals surface area contributed by atoms with Gasteiger partial charge in [-0.15, -0.1) is 0 Å². The lowest BCUT2D eigenvalue weighted by Gasteiger charge is -2.53. The molecule has 3 aliphatic heterocycles. The first-order chi connectivity index (χ1) is 14.2. The molecular weight excluding hydrogens is 362 g/mol. The summed E-state index contributed by atoms with van der Waals surface area (Å²) in [6, 6.07) is 15.3. The molecule has 0 aliphatic carbocycles. The highest BCUT2D eigenvalue weighted by Crippen LogP contribution is 2.50. The first kappa shape index (κ1) is 18.5. The average Bonchev–Trinajstić information content (AvgIpc) is 3.23. The number of rotatable bonds is 4. The van der Waals surface area contributed by atoms with Gasteiger partial charge in [0.1, 0.15) is 5.41 Å². The number of carbonyl (C=O) groups is 1. The topological polar surface area (TPSA) is 37.7 Å². The largest absolute Gasteiger partial charge is 0.465 e. The van der Waals surface area contributed by atoms with Crippen LogP contribution in [0.3, 0.4) is 0 Å². The molecule has 2 atom stereocenters. The summed E-state index contributed by atoms with van der Waals surface area (Å²) in [6.45, 7) is 6.73. The van der Waals surface area contributed by atoms with Crippen molar-refractivity contribution < 1.29 is 9.53 Å². The van der Waals surface area contributed by atoms with E-state index in [1.807, 2.05) is 13.0 Å². The molecule has 5 heteroatoms. The van der Waals surface area contributed by atoms with E-state index >= 15 is 0 Å². The third kappa shape index (κ3) is 3.08. The van der Waals surface area contributed by atoms with Crippen LogP contribution in [-0.4, -0.2) is 46.6 Å². The lowest BCUT2D eigenvalue weighted by Crippen LogP contribution is -2.57. The molecule has 1 aromatic carbocycles. The Labute approximate surface area is 172 Å². The first-order valence-electron chi connectivity index (χ1n) is 10.8. The Morgan fingerprint density at radius 1 is 1.17 bits per heavy atom. The fourth-order valence-corrected chi connectivity index (χ4v) is 5.48. The molecule has 3 aliphatic rings. The van der Waals surface area contributed by atoms with E-state index in [0.29, 0.717) is 12.6 Å². The van der Waals surface area contributed by atoms with Gasteiger partial charge in [-0.3, -0.25) is 9.69 Å². The van der Waals surface area contributed by atoms with Gasteiger partial charge in [0.05, 0.1) is 12.6 Å². The van der Waals surface area contributed by atoms with E-state index in [1.54, 1.807) is 0 Å². The van der Waals surface area contributed by atoms with Gasteiger partial charge in [-0.1, -0.05) is 30.3 Å². The summed E-state index contributed by atoms with van der Waals surface area (Å²) in [4.78, 5) is 18.2. The van der Waals surface area contributed by atoms with Crippen LogP contribution in [0, 0.1) is 5.41 Å². The second-order valence-electron chi connectivity index (χ2n) is 8.42. The van der Waals surface area contributed by atoms with Crippen LogP contribution >= 0.6 is 0 Å². The number of nitrogens with zero attached hydrogens (tertiary/aromatic N) is 3. The molecule has 0 spiro atoms. The predicted octanol–water partition coefficient (Wildman–Crippen LogP) is 3.59. The van der Waals surface area contributed by atoms with E-state index in [9.17, 15) is 4.79 Å². The van der Waals surface area contributed by atoms with E-state index in [-0.39, 0.29) is 5.97 Å². The van der Waals surface area contributed by atoms with Gasteiger partial charge in [-0.05, 0) is 43.5 Å². The molecule has 0 bridgehead atoms. The number of hydrogen-bond donors (Lipinski definition) is 0. The number of benzene rings is 1. The molecule has 152 valence electrons. The number of esters is 1. The maximum absolute atomic E-state index is 13.3. The van der Waals surface area contributed by atoms with E-state index in [2.05, 4.69) is 63.0 Å². The van der Waals surface area contributed by atoms with Crippen molar-refractivity contribution in [1.29, 1.82) is 0 Å². The van der Waals surface area contributed by atoms with Crippen molar-refractivity contribution >= 4 is 5.97 Å². The highest BCUT2D eigenvalue weighted by atomic mass is 16.5. The van der Waals surface area contributed by atoms with Crippen LogP contribution in [-0.2, 0) is 22.6 Å². The second kappa shape index (κ2) is 7.38. The van der Waals surface area contributed by atoms with Gasteiger partial charge in [0.15, 0.2) is 0 Å². The molecule has 29 heavy (non-hydrogen) atoms. The Hall–Kier alpha value is -2.53. The molecular formula is C24H29N3O2. The molecule has 4 heterocycles. The summed E-state index contributed by atoms with van der Waals surface area (Å²) in [5, 5.41) is 0. The minimum atomic E-state index is -0.547. The number of aromatic nitrogens is 1. The number of carbonyl (C=O) groups excluding carboxylic acids is 1. The molecule has 0 N–H and O–H groups in total. The Morgan fingerprint density at radius 3 is 2.86 bits per heavy atom. The van der Waals surface area contributed by atoms with Crippen molar-refractivity contribution in [1.82, 2.24) is 14.4 Å². The second-order valence-corrected chi connectivity index (χ2v) is 8.42. The highest BCUT2D eigenvalue weighted by molar-refractivity contribution is 5.81. The van der Waals surface area contributed by atoms with Crippen molar-refractivity contribution in [2.24, 2.45) is 5.41 Å². The summed E-state index contributed by atoms with van der Waals surface area (Å²) in [7, 11) is 0. The maximum Gasteiger partial charge on any atom is 0.319 e. The molecule has 5 rings (SSSR count). The van der Waals surface area contributed by atoms with E-state index in [4.69, 9.17) is 4.74 Å². The maximum atomic E-state index is 13.3. The van der Waals surface area contributed by atoms with Crippen molar-refractivity contribution in [3.63, 3.8) is 0 Å². The number of piperidine rings is 1. The van der Waals surface area contributed by atoms with Crippen molar-refractivity contribution in [2.75, 3.05) is 26.2 Å². The number of fused-ring (bicyclic) bond motifs is 5. The summed E-state index contributed by atoms with van der Waals surface area (Å²) in [5.74, 6) is -0.0524. The Bertz CT molecular complexity index is 919. The van der Waals surface area contributed by atoms with Crippen LogP contribution in [0.4, 0.5) is 0 Å². The molecule has 0 amide bonds. The summed E-state index contributed by atoms with van der Waals surface area (Å²) in [5.41, 5.74) is 3.31. The molecule has 2 aromatic rings.